The summed E-state index contributed by atoms with van der Waals surface area (Å²) in [6, 6.07) is 13.3. The highest BCUT2D eigenvalue weighted by atomic mass is 32.2. The second kappa shape index (κ2) is 6.98. The Balaban J connectivity index is 1.50. The summed E-state index contributed by atoms with van der Waals surface area (Å²) in [5.74, 6) is 0.104. The third-order valence-corrected chi connectivity index (χ3v) is 6.00. The molecule has 0 fully saturated rings. The Morgan fingerprint density at radius 1 is 1.04 bits per heavy atom. The van der Waals surface area contributed by atoms with Crippen LogP contribution in [0.1, 0.15) is 12.3 Å². The molecule has 0 amide bonds. The molecule has 0 aliphatic rings. The number of nitrogens with zero attached hydrogens (tertiary/aromatic N) is 4. The lowest BCUT2D eigenvalue weighted by molar-refractivity contribution is 0.116. The first-order valence-corrected chi connectivity index (χ1v) is 9.38. The summed E-state index contributed by atoms with van der Waals surface area (Å²) in [6.45, 7) is 0. The van der Waals surface area contributed by atoms with E-state index in [0.717, 1.165) is 14.1 Å². The molecule has 3 heterocycles. The topological polar surface area (TPSA) is 64.7 Å². The molecule has 0 aliphatic carbocycles. The van der Waals surface area contributed by atoms with E-state index < -0.39 is 12.3 Å². The smallest absolute Gasteiger partial charge is 0.314 e. The van der Waals surface area contributed by atoms with Gasteiger partial charge in [-0.2, -0.15) is 13.2 Å². The van der Waals surface area contributed by atoms with Crippen LogP contribution in [0.3, 0.4) is 0 Å². The molecule has 5 nitrogen and oxygen atoms in total. The number of hydrogen-bond acceptors (Lipinski definition) is 8. The van der Waals surface area contributed by atoms with Crippen molar-refractivity contribution in [2.45, 2.75) is 15.0 Å². The van der Waals surface area contributed by atoms with Gasteiger partial charge >= 0.3 is 6.43 Å². The number of rotatable bonds is 5. The van der Waals surface area contributed by atoms with Crippen LogP contribution < -0.4 is 0 Å². The molecule has 3 aromatic heterocycles. The monoisotopic (exact) mass is 394 g/mol. The van der Waals surface area contributed by atoms with Gasteiger partial charge in [0.1, 0.15) is 0 Å². The van der Waals surface area contributed by atoms with Gasteiger partial charge in [0.05, 0.1) is 9.09 Å². The van der Waals surface area contributed by atoms with Gasteiger partial charge in [-0.05, 0) is 35.4 Å². The third-order valence-electron chi connectivity index (χ3n) is 3.05. The van der Waals surface area contributed by atoms with E-state index in [1.54, 1.807) is 6.07 Å². The lowest BCUT2D eigenvalue weighted by atomic mass is 10.2. The highest BCUT2D eigenvalue weighted by molar-refractivity contribution is 8.02. The van der Waals surface area contributed by atoms with Crippen molar-refractivity contribution in [3.05, 3.63) is 48.4 Å². The number of thiophene rings is 1. The fourth-order valence-corrected chi connectivity index (χ4v) is 4.85. The molecule has 1 aromatic carbocycles. The maximum absolute atomic E-state index is 12.5. The number of benzene rings is 1. The summed E-state index contributed by atoms with van der Waals surface area (Å²) >= 11 is 4.14. The lowest BCUT2D eigenvalue weighted by Gasteiger charge is -1.92. The molecule has 0 saturated carbocycles. The summed E-state index contributed by atoms with van der Waals surface area (Å²) in [6.07, 6.45) is -2.77. The van der Waals surface area contributed by atoms with Crippen molar-refractivity contribution in [2.24, 2.45) is 0 Å². The fourth-order valence-electron chi connectivity index (χ4n) is 1.95. The maximum Gasteiger partial charge on any atom is 0.314 e. The van der Waals surface area contributed by atoms with E-state index in [1.807, 2.05) is 36.4 Å². The van der Waals surface area contributed by atoms with Gasteiger partial charge in [0.2, 0.25) is 0 Å². The molecule has 126 valence electrons. The second-order valence-electron chi connectivity index (χ2n) is 4.72. The fraction of sp³-hybridized carbons (Fsp3) is 0.0667. The minimum Gasteiger partial charge on any atom is -0.414 e. The van der Waals surface area contributed by atoms with Crippen LogP contribution in [0.5, 0.6) is 0 Å². The molecule has 25 heavy (non-hydrogen) atoms. The van der Waals surface area contributed by atoms with Gasteiger partial charge in [0.25, 0.3) is 11.8 Å². The van der Waals surface area contributed by atoms with E-state index in [0.29, 0.717) is 10.7 Å². The Morgan fingerprint density at radius 3 is 2.64 bits per heavy atom. The largest absolute Gasteiger partial charge is 0.414 e. The zero-order chi connectivity index (χ0) is 17.2. The van der Waals surface area contributed by atoms with Crippen molar-refractivity contribution in [1.82, 2.24) is 19.6 Å². The molecule has 10 heteroatoms. The van der Waals surface area contributed by atoms with Crippen LogP contribution in [0.15, 0.2) is 55.4 Å². The molecule has 0 unspecified atom stereocenters. The van der Waals surface area contributed by atoms with Gasteiger partial charge in [-0.15, -0.1) is 21.5 Å². The SMILES string of the molecule is FC(F)c1nnc(-c2ccc(Sc3nc(-c4ccccc4)ns3)s2)o1. The quantitative estimate of drug-likeness (QED) is 0.451. The van der Waals surface area contributed by atoms with E-state index in [2.05, 4.69) is 19.6 Å². The minimum absolute atomic E-state index is 0.0920. The maximum atomic E-state index is 12.5. The Labute approximate surface area is 152 Å². The average molecular weight is 394 g/mol. The normalized spacial score (nSPS) is 11.3. The van der Waals surface area contributed by atoms with Gasteiger partial charge < -0.3 is 4.42 Å². The average Bonchev–Trinajstić information content (AvgIpc) is 3.36. The van der Waals surface area contributed by atoms with Crippen molar-refractivity contribution >= 4 is 34.6 Å². The molecule has 0 N–H and O–H groups in total. The predicted molar refractivity (Wildman–Crippen MR) is 92.0 cm³/mol. The van der Waals surface area contributed by atoms with Gasteiger partial charge in [-0.25, -0.2) is 4.98 Å². The van der Waals surface area contributed by atoms with Gasteiger partial charge in [0.15, 0.2) is 10.2 Å². The molecular weight excluding hydrogens is 386 g/mol. The predicted octanol–water partition coefficient (Wildman–Crippen LogP) is 5.41. The summed E-state index contributed by atoms with van der Waals surface area (Å²) in [5.41, 5.74) is 0.961. The molecule has 0 spiro atoms. The molecule has 4 rings (SSSR count). The van der Waals surface area contributed by atoms with Crippen LogP contribution in [0.4, 0.5) is 8.78 Å². The first-order valence-electron chi connectivity index (χ1n) is 6.98. The highest BCUT2D eigenvalue weighted by Crippen LogP contribution is 2.38. The van der Waals surface area contributed by atoms with Crippen molar-refractivity contribution in [3.63, 3.8) is 0 Å². The molecule has 0 atom stereocenters. The summed E-state index contributed by atoms with van der Waals surface area (Å²) < 4.78 is 36.1. The van der Waals surface area contributed by atoms with Gasteiger partial charge in [-0.1, -0.05) is 30.3 Å². The summed E-state index contributed by atoms with van der Waals surface area (Å²) in [5, 5.41) is 6.99. The number of alkyl halides is 2. The molecular formula is C15H8F2N4OS3. The first kappa shape index (κ1) is 16.3. The zero-order valence-corrected chi connectivity index (χ0v) is 14.7. The van der Waals surface area contributed by atoms with E-state index in [-0.39, 0.29) is 5.89 Å². The minimum atomic E-state index is -2.77. The zero-order valence-electron chi connectivity index (χ0n) is 12.3. The van der Waals surface area contributed by atoms with Gasteiger partial charge in [0, 0.05) is 5.56 Å². The Morgan fingerprint density at radius 2 is 1.88 bits per heavy atom. The third kappa shape index (κ3) is 3.60. The highest BCUT2D eigenvalue weighted by Gasteiger charge is 2.18. The molecule has 0 bridgehead atoms. The summed E-state index contributed by atoms with van der Waals surface area (Å²) in [7, 11) is 0. The second-order valence-corrected chi connectivity index (χ2v) is 8.10. The van der Waals surface area contributed by atoms with Crippen LogP contribution in [0.2, 0.25) is 0 Å². The van der Waals surface area contributed by atoms with Crippen molar-refractivity contribution < 1.29 is 13.2 Å². The molecule has 0 aliphatic heterocycles. The van der Waals surface area contributed by atoms with E-state index in [9.17, 15) is 8.78 Å². The first-order chi connectivity index (χ1) is 12.2. The van der Waals surface area contributed by atoms with Crippen LogP contribution in [0.25, 0.3) is 22.2 Å². The lowest BCUT2D eigenvalue weighted by Crippen LogP contribution is -1.81. The van der Waals surface area contributed by atoms with Crippen LogP contribution >= 0.6 is 34.6 Å². The molecule has 4 aromatic rings. The Bertz CT molecular complexity index is 984. The van der Waals surface area contributed by atoms with Crippen LogP contribution in [0, 0.1) is 0 Å². The molecule has 0 radical (unpaired) electrons. The number of hydrogen-bond donors (Lipinski definition) is 0. The van der Waals surface area contributed by atoms with Crippen LogP contribution in [-0.4, -0.2) is 19.6 Å². The van der Waals surface area contributed by atoms with Crippen LogP contribution in [-0.2, 0) is 0 Å². The van der Waals surface area contributed by atoms with E-state index >= 15 is 0 Å². The van der Waals surface area contributed by atoms with Gasteiger partial charge in [-0.3, -0.25) is 0 Å². The van der Waals surface area contributed by atoms with Crippen molar-refractivity contribution in [3.8, 4) is 22.2 Å². The summed E-state index contributed by atoms with van der Waals surface area (Å²) in [4.78, 5) is 5.15. The number of aromatic nitrogens is 4. The van der Waals surface area contributed by atoms with Crippen molar-refractivity contribution in [1.29, 1.82) is 0 Å². The Hall–Kier alpha value is -2.17. The standard InChI is InChI=1S/C15H8F2N4OS3/c16-11(17)14-20-19-13(22-14)9-6-7-10(23-9)24-15-18-12(21-25-15)8-4-2-1-3-5-8/h1-7,11H. The Kier molecular flexibility index (Phi) is 4.55. The molecule has 0 saturated heterocycles. The van der Waals surface area contributed by atoms with Crippen molar-refractivity contribution in [2.75, 3.05) is 0 Å². The number of halogens is 2. The van der Waals surface area contributed by atoms with E-state index in [1.165, 1.54) is 34.6 Å². The van der Waals surface area contributed by atoms with E-state index in [4.69, 9.17) is 4.42 Å².